The fraction of sp³-hybridized carbons (Fsp3) is 0.417. The van der Waals surface area contributed by atoms with Gasteiger partial charge in [-0.25, -0.2) is 8.42 Å². The summed E-state index contributed by atoms with van der Waals surface area (Å²) in [7, 11) is -3.79. The third kappa shape index (κ3) is 6.73. The molecular weight excluding hydrogens is 542 g/mol. The number of para-hydroxylation sites is 1. The van der Waals surface area contributed by atoms with E-state index < -0.39 is 28.5 Å². The Morgan fingerprint density at radius 1 is 1.12 bits per heavy atom. The highest BCUT2D eigenvalue weighted by Gasteiger charge is 2.32. The van der Waals surface area contributed by atoms with Gasteiger partial charge >= 0.3 is 0 Å². The number of halogens is 2. The lowest BCUT2D eigenvalue weighted by molar-refractivity contribution is -0.139. The van der Waals surface area contributed by atoms with Gasteiger partial charge in [0.15, 0.2) is 0 Å². The maximum absolute atomic E-state index is 13.6. The standard InChI is InChI=1S/C24H29BrClN3O4S/c1-17(24(31)27-19-10-4-5-11-19)28(15-18-9-3-7-13-21(18)26)23(30)16-29(34(2,32)33)22-14-8-6-12-20(22)25/h3,6-9,12-14,17,19H,4-5,10-11,15-16H2,1-2H3,(H,27,31). The smallest absolute Gasteiger partial charge is 0.244 e. The third-order valence-corrected chi connectivity index (χ3v) is 8.13. The second kappa shape index (κ2) is 11.6. The van der Waals surface area contributed by atoms with Gasteiger partial charge in [0.1, 0.15) is 12.6 Å². The topological polar surface area (TPSA) is 86.8 Å². The lowest BCUT2D eigenvalue weighted by Gasteiger charge is -2.32. The predicted molar refractivity (Wildman–Crippen MR) is 138 cm³/mol. The number of anilines is 1. The summed E-state index contributed by atoms with van der Waals surface area (Å²) in [5, 5.41) is 3.50. The molecule has 3 rings (SSSR count). The first-order chi connectivity index (χ1) is 16.1. The van der Waals surface area contributed by atoms with Crippen molar-refractivity contribution in [1.82, 2.24) is 10.2 Å². The molecule has 1 aliphatic rings. The normalized spacial score (nSPS) is 15.1. The van der Waals surface area contributed by atoms with E-state index in [1.54, 1.807) is 55.5 Å². The molecule has 2 amide bonds. The molecule has 34 heavy (non-hydrogen) atoms. The van der Waals surface area contributed by atoms with Crippen molar-refractivity contribution in [1.29, 1.82) is 0 Å². The molecule has 1 unspecified atom stereocenters. The molecule has 10 heteroatoms. The minimum Gasteiger partial charge on any atom is -0.352 e. The van der Waals surface area contributed by atoms with Gasteiger partial charge in [-0.05, 0) is 59.5 Å². The molecule has 0 heterocycles. The Labute approximate surface area is 214 Å². The van der Waals surface area contributed by atoms with Crippen molar-refractivity contribution < 1.29 is 18.0 Å². The van der Waals surface area contributed by atoms with Crippen LogP contribution in [0, 0.1) is 0 Å². The van der Waals surface area contributed by atoms with Gasteiger partial charge in [0.2, 0.25) is 21.8 Å². The molecule has 2 aromatic carbocycles. The molecule has 0 radical (unpaired) electrons. The molecule has 184 valence electrons. The van der Waals surface area contributed by atoms with Gasteiger partial charge in [-0.2, -0.15) is 0 Å². The molecule has 7 nitrogen and oxygen atoms in total. The van der Waals surface area contributed by atoms with E-state index in [0.29, 0.717) is 20.7 Å². The Hall–Kier alpha value is -2.10. The van der Waals surface area contributed by atoms with Gasteiger partial charge in [0, 0.05) is 22.1 Å². The van der Waals surface area contributed by atoms with E-state index in [0.717, 1.165) is 36.2 Å². The molecule has 1 saturated carbocycles. The summed E-state index contributed by atoms with van der Waals surface area (Å²) in [5.41, 5.74) is 1.02. The minimum atomic E-state index is -3.79. The number of sulfonamides is 1. The number of nitrogens with zero attached hydrogens (tertiary/aromatic N) is 2. The SMILES string of the molecule is CC(C(=O)NC1CCCC1)N(Cc1ccccc1Cl)C(=O)CN(c1ccccc1Br)S(C)(=O)=O. The number of amides is 2. The molecule has 0 spiro atoms. The van der Waals surface area contributed by atoms with Gasteiger partial charge in [-0.3, -0.25) is 13.9 Å². The number of hydrogen-bond acceptors (Lipinski definition) is 4. The van der Waals surface area contributed by atoms with E-state index in [-0.39, 0.29) is 18.5 Å². The molecule has 1 atom stereocenters. The van der Waals surface area contributed by atoms with Crippen molar-refractivity contribution >= 4 is 55.1 Å². The monoisotopic (exact) mass is 569 g/mol. The molecule has 1 fully saturated rings. The molecule has 0 saturated heterocycles. The average Bonchev–Trinajstić information content (AvgIpc) is 3.29. The van der Waals surface area contributed by atoms with Crippen LogP contribution in [0.25, 0.3) is 0 Å². The van der Waals surface area contributed by atoms with E-state index in [4.69, 9.17) is 11.6 Å². The summed E-state index contributed by atoms with van der Waals surface area (Å²) in [6.45, 7) is 1.28. The van der Waals surface area contributed by atoms with E-state index in [2.05, 4.69) is 21.2 Å². The molecule has 0 bridgehead atoms. The molecule has 0 aromatic heterocycles. The molecule has 1 N–H and O–H groups in total. The zero-order valence-electron chi connectivity index (χ0n) is 19.2. The van der Waals surface area contributed by atoms with Crippen LogP contribution >= 0.6 is 27.5 Å². The summed E-state index contributed by atoms with van der Waals surface area (Å²) in [5.74, 6) is -0.769. The Morgan fingerprint density at radius 2 is 1.74 bits per heavy atom. The highest BCUT2D eigenvalue weighted by atomic mass is 79.9. The first kappa shape index (κ1) is 26.5. The number of benzene rings is 2. The number of carbonyl (C=O) groups excluding carboxylic acids is 2. The van der Waals surface area contributed by atoms with Gasteiger partial charge in [-0.1, -0.05) is 54.8 Å². The maximum Gasteiger partial charge on any atom is 0.244 e. The number of nitrogens with one attached hydrogen (secondary N) is 1. The largest absolute Gasteiger partial charge is 0.352 e. The average molecular weight is 571 g/mol. The predicted octanol–water partition coefficient (Wildman–Crippen LogP) is 4.34. The Bertz CT molecular complexity index is 1140. The van der Waals surface area contributed by atoms with Gasteiger partial charge in [-0.15, -0.1) is 0 Å². The van der Waals surface area contributed by atoms with Crippen LogP contribution in [-0.2, 0) is 26.2 Å². The third-order valence-electron chi connectivity index (χ3n) is 5.97. The zero-order chi connectivity index (χ0) is 24.9. The van der Waals surface area contributed by atoms with E-state index >= 15 is 0 Å². The van der Waals surface area contributed by atoms with Crippen LogP contribution in [0.4, 0.5) is 5.69 Å². The number of carbonyl (C=O) groups is 2. The van der Waals surface area contributed by atoms with Gasteiger partial charge in [0.05, 0.1) is 11.9 Å². The van der Waals surface area contributed by atoms with Gasteiger partial charge in [0.25, 0.3) is 0 Å². The minimum absolute atomic E-state index is 0.0747. The maximum atomic E-state index is 13.6. The lowest BCUT2D eigenvalue weighted by Crippen LogP contribution is -2.52. The van der Waals surface area contributed by atoms with Crippen molar-refractivity contribution in [3.8, 4) is 0 Å². The molecule has 1 aliphatic carbocycles. The number of rotatable bonds is 9. The van der Waals surface area contributed by atoms with Crippen molar-refractivity contribution in [3.63, 3.8) is 0 Å². The number of hydrogen-bond donors (Lipinski definition) is 1. The Kier molecular flexibility index (Phi) is 9.01. The van der Waals surface area contributed by atoms with Crippen LogP contribution < -0.4 is 9.62 Å². The molecule has 2 aromatic rings. The summed E-state index contributed by atoms with van der Waals surface area (Å²) >= 11 is 9.71. The quantitative estimate of drug-likeness (QED) is 0.486. The van der Waals surface area contributed by atoms with Crippen LogP contribution in [-0.4, -0.2) is 50.0 Å². The van der Waals surface area contributed by atoms with E-state index in [1.165, 1.54) is 4.90 Å². The van der Waals surface area contributed by atoms with Crippen molar-refractivity contribution in [2.24, 2.45) is 0 Å². The first-order valence-corrected chi connectivity index (χ1v) is 14.2. The zero-order valence-corrected chi connectivity index (χ0v) is 22.4. The summed E-state index contributed by atoms with van der Waals surface area (Å²) < 4.78 is 26.8. The highest BCUT2D eigenvalue weighted by Crippen LogP contribution is 2.28. The van der Waals surface area contributed by atoms with Crippen LogP contribution in [0.5, 0.6) is 0 Å². The summed E-state index contributed by atoms with van der Waals surface area (Å²) in [6, 6.07) is 13.1. The Balaban J connectivity index is 1.90. The van der Waals surface area contributed by atoms with Crippen molar-refractivity contribution in [2.45, 2.75) is 51.2 Å². The van der Waals surface area contributed by atoms with E-state index in [9.17, 15) is 18.0 Å². The van der Waals surface area contributed by atoms with Crippen molar-refractivity contribution in [3.05, 3.63) is 63.6 Å². The van der Waals surface area contributed by atoms with Crippen molar-refractivity contribution in [2.75, 3.05) is 17.1 Å². The van der Waals surface area contributed by atoms with E-state index in [1.807, 2.05) is 0 Å². The fourth-order valence-corrected chi connectivity index (χ4v) is 5.71. The van der Waals surface area contributed by atoms with Gasteiger partial charge < -0.3 is 10.2 Å². The Morgan fingerprint density at radius 3 is 2.35 bits per heavy atom. The fourth-order valence-electron chi connectivity index (χ4n) is 4.03. The lowest BCUT2D eigenvalue weighted by atomic mass is 10.1. The highest BCUT2D eigenvalue weighted by molar-refractivity contribution is 9.10. The second-order valence-corrected chi connectivity index (χ2v) is 11.7. The first-order valence-electron chi connectivity index (χ1n) is 11.1. The van der Waals surface area contributed by atoms with Crippen LogP contribution in [0.1, 0.15) is 38.2 Å². The van der Waals surface area contributed by atoms with Crippen LogP contribution in [0.3, 0.4) is 0 Å². The summed E-state index contributed by atoms with van der Waals surface area (Å²) in [4.78, 5) is 28.0. The van der Waals surface area contributed by atoms with Crippen LogP contribution in [0.2, 0.25) is 5.02 Å². The molecular formula is C24H29BrClN3O4S. The summed E-state index contributed by atoms with van der Waals surface area (Å²) in [6.07, 6.45) is 5.02. The second-order valence-electron chi connectivity index (χ2n) is 8.50. The van der Waals surface area contributed by atoms with Crippen LogP contribution in [0.15, 0.2) is 53.0 Å². The molecule has 0 aliphatic heterocycles.